The van der Waals surface area contributed by atoms with E-state index in [2.05, 4.69) is 5.32 Å². The number of phenolic OH excluding ortho intramolecular Hbond substituents is 1. The first-order valence-corrected chi connectivity index (χ1v) is 8.90. The van der Waals surface area contributed by atoms with Crippen LogP contribution in [0.1, 0.15) is 51.4 Å². The molecule has 1 saturated heterocycles. The van der Waals surface area contributed by atoms with Crippen LogP contribution in [0.3, 0.4) is 0 Å². The summed E-state index contributed by atoms with van der Waals surface area (Å²) in [7, 11) is 0. The summed E-state index contributed by atoms with van der Waals surface area (Å²) >= 11 is 0. The van der Waals surface area contributed by atoms with Crippen molar-refractivity contribution in [3.63, 3.8) is 0 Å². The van der Waals surface area contributed by atoms with E-state index in [-0.39, 0.29) is 0 Å². The minimum absolute atomic E-state index is 0.322. The van der Waals surface area contributed by atoms with Crippen LogP contribution in [0, 0.1) is 5.92 Å². The van der Waals surface area contributed by atoms with Crippen LogP contribution in [0.5, 0.6) is 5.75 Å². The van der Waals surface area contributed by atoms with Gasteiger partial charge in [-0.05, 0) is 43.9 Å². The van der Waals surface area contributed by atoms with E-state index >= 15 is 0 Å². The Morgan fingerprint density at radius 3 is 2.23 bits per heavy atom. The molecule has 2 N–H and O–H groups in total. The molecule has 0 unspecified atom stereocenters. The Bertz CT molecular complexity index is 352. The minimum Gasteiger partial charge on any atom is -0.508 e. The Kier molecular flexibility index (Phi) is 8.36. The molecule has 3 nitrogen and oxygen atoms in total. The van der Waals surface area contributed by atoms with Gasteiger partial charge in [0, 0.05) is 19.3 Å². The van der Waals surface area contributed by atoms with E-state index in [0.29, 0.717) is 5.75 Å². The van der Waals surface area contributed by atoms with Crippen LogP contribution in [0.4, 0.5) is 0 Å². The Balaban J connectivity index is 0.000000211. The van der Waals surface area contributed by atoms with Crippen molar-refractivity contribution in [2.45, 2.75) is 57.4 Å². The van der Waals surface area contributed by atoms with Crippen molar-refractivity contribution in [1.29, 1.82) is 0 Å². The molecule has 0 atom stereocenters. The van der Waals surface area contributed by atoms with E-state index in [0.717, 1.165) is 25.2 Å². The molecule has 0 bridgehead atoms. The zero-order valence-corrected chi connectivity index (χ0v) is 13.7. The zero-order chi connectivity index (χ0) is 15.5. The average Bonchev–Trinajstić information content (AvgIpc) is 2.58. The zero-order valence-electron chi connectivity index (χ0n) is 13.7. The summed E-state index contributed by atoms with van der Waals surface area (Å²) in [6, 6.07) is 9.45. The Hall–Kier alpha value is -1.06. The van der Waals surface area contributed by atoms with Gasteiger partial charge in [0.25, 0.3) is 0 Å². The summed E-state index contributed by atoms with van der Waals surface area (Å²) in [6.07, 6.45) is 11.2. The van der Waals surface area contributed by atoms with Gasteiger partial charge in [-0.2, -0.15) is 0 Å². The van der Waals surface area contributed by atoms with Crippen molar-refractivity contribution in [3.8, 4) is 5.75 Å². The second-order valence-corrected chi connectivity index (χ2v) is 6.47. The van der Waals surface area contributed by atoms with Gasteiger partial charge in [-0.1, -0.05) is 50.3 Å². The highest BCUT2D eigenvalue weighted by Crippen LogP contribution is 2.25. The van der Waals surface area contributed by atoms with Crippen LogP contribution in [0.15, 0.2) is 30.3 Å². The number of hydrogen-bond donors (Lipinski definition) is 2. The SMILES string of the molecule is C1CCC(CCNC2CCOCC2)CC1.Oc1ccccc1. The van der Waals surface area contributed by atoms with Gasteiger partial charge in [0.15, 0.2) is 0 Å². The molecule has 1 aromatic rings. The smallest absolute Gasteiger partial charge is 0.115 e. The first-order chi connectivity index (χ1) is 10.8. The van der Waals surface area contributed by atoms with Crippen LogP contribution in [-0.2, 0) is 4.74 Å². The lowest BCUT2D eigenvalue weighted by Gasteiger charge is -2.26. The normalized spacial score (nSPS) is 20.2. The molecule has 1 aromatic carbocycles. The molecule has 1 aliphatic carbocycles. The molecule has 3 rings (SSSR count). The topological polar surface area (TPSA) is 41.5 Å². The Morgan fingerprint density at radius 1 is 0.955 bits per heavy atom. The molecule has 0 spiro atoms. The van der Waals surface area contributed by atoms with Crippen LogP contribution < -0.4 is 5.32 Å². The van der Waals surface area contributed by atoms with Gasteiger partial charge in [-0.15, -0.1) is 0 Å². The fourth-order valence-corrected chi connectivity index (χ4v) is 3.30. The molecule has 22 heavy (non-hydrogen) atoms. The number of aromatic hydroxyl groups is 1. The summed E-state index contributed by atoms with van der Waals surface area (Å²) in [5, 5.41) is 12.3. The average molecular weight is 305 g/mol. The van der Waals surface area contributed by atoms with E-state index in [4.69, 9.17) is 9.84 Å². The van der Waals surface area contributed by atoms with E-state index in [1.54, 1.807) is 24.3 Å². The molecule has 0 radical (unpaired) electrons. The number of ether oxygens (including phenoxy) is 1. The van der Waals surface area contributed by atoms with Crippen molar-refractivity contribution >= 4 is 0 Å². The lowest BCUT2D eigenvalue weighted by Crippen LogP contribution is -2.36. The van der Waals surface area contributed by atoms with Gasteiger partial charge in [-0.3, -0.25) is 0 Å². The third-order valence-electron chi connectivity index (χ3n) is 4.69. The molecule has 1 saturated carbocycles. The van der Waals surface area contributed by atoms with Crippen LogP contribution in [0.25, 0.3) is 0 Å². The summed E-state index contributed by atoms with van der Waals surface area (Å²) in [5.74, 6) is 1.34. The monoisotopic (exact) mass is 305 g/mol. The van der Waals surface area contributed by atoms with Gasteiger partial charge >= 0.3 is 0 Å². The number of nitrogens with one attached hydrogen (secondary N) is 1. The molecule has 1 heterocycles. The van der Waals surface area contributed by atoms with Crippen molar-refractivity contribution in [2.75, 3.05) is 19.8 Å². The Morgan fingerprint density at radius 2 is 1.64 bits per heavy atom. The number of benzene rings is 1. The standard InChI is InChI=1S/C13H25NO.C6H6O/c1-2-4-12(5-3-1)6-9-14-13-7-10-15-11-8-13;7-6-4-2-1-3-5-6/h12-14H,1-11H2;1-5,7H. The molecule has 124 valence electrons. The number of rotatable bonds is 4. The Labute approximate surface area is 135 Å². The van der Waals surface area contributed by atoms with Crippen molar-refractivity contribution in [1.82, 2.24) is 5.32 Å². The van der Waals surface area contributed by atoms with E-state index in [1.807, 2.05) is 6.07 Å². The molecule has 2 fully saturated rings. The second-order valence-electron chi connectivity index (χ2n) is 6.47. The molecule has 1 aliphatic heterocycles. The summed E-state index contributed by atoms with van der Waals surface area (Å²) < 4.78 is 5.36. The van der Waals surface area contributed by atoms with Crippen molar-refractivity contribution in [2.24, 2.45) is 5.92 Å². The fourth-order valence-electron chi connectivity index (χ4n) is 3.30. The maximum absolute atomic E-state index is 8.63. The quantitative estimate of drug-likeness (QED) is 0.879. The maximum atomic E-state index is 8.63. The van der Waals surface area contributed by atoms with Gasteiger partial charge in [0.1, 0.15) is 5.75 Å². The molecule has 0 amide bonds. The highest BCUT2D eigenvalue weighted by Gasteiger charge is 2.15. The summed E-state index contributed by atoms with van der Waals surface area (Å²) in [5.41, 5.74) is 0. The van der Waals surface area contributed by atoms with Gasteiger partial charge in [0.2, 0.25) is 0 Å². The highest BCUT2D eigenvalue weighted by atomic mass is 16.5. The lowest BCUT2D eigenvalue weighted by molar-refractivity contribution is 0.0775. The van der Waals surface area contributed by atoms with Gasteiger partial charge < -0.3 is 15.2 Å². The van der Waals surface area contributed by atoms with Gasteiger partial charge in [-0.25, -0.2) is 0 Å². The maximum Gasteiger partial charge on any atom is 0.115 e. The molecular weight excluding hydrogens is 274 g/mol. The highest BCUT2D eigenvalue weighted by molar-refractivity contribution is 5.18. The van der Waals surface area contributed by atoms with Crippen molar-refractivity contribution in [3.05, 3.63) is 30.3 Å². The van der Waals surface area contributed by atoms with Gasteiger partial charge in [0.05, 0.1) is 0 Å². The predicted molar refractivity (Wildman–Crippen MR) is 91.1 cm³/mol. The minimum atomic E-state index is 0.322. The van der Waals surface area contributed by atoms with Crippen LogP contribution in [-0.4, -0.2) is 30.9 Å². The van der Waals surface area contributed by atoms with E-state index in [1.165, 1.54) is 57.9 Å². The summed E-state index contributed by atoms with van der Waals surface area (Å²) in [4.78, 5) is 0. The summed E-state index contributed by atoms with van der Waals surface area (Å²) in [6.45, 7) is 3.15. The predicted octanol–water partition coefficient (Wildman–Crippen LogP) is 4.12. The largest absolute Gasteiger partial charge is 0.508 e. The first kappa shape index (κ1) is 17.3. The van der Waals surface area contributed by atoms with Crippen LogP contribution in [0.2, 0.25) is 0 Å². The molecule has 3 heteroatoms. The molecular formula is C19H31NO2. The third kappa shape index (κ3) is 7.28. The number of hydrogen-bond acceptors (Lipinski definition) is 3. The number of para-hydroxylation sites is 1. The van der Waals surface area contributed by atoms with E-state index < -0.39 is 0 Å². The molecule has 0 aromatic heterocycles. The number of phenols is 1. The molecule has 2 aliphatic rings. The second kappa shape index (κ2) is 10.6. The first-order valence-electron chi connectivity index (χ1n) is 8.90. The third-order valence-corrected chi connectivity index (χ3v) is 4.69. The van der Waals surface area contributed by atoms with Crippen molar-refractivity contribution < 1.29 is 9.84 Å². The fraction of sp³-hybridized carbons (Fsp3) is 0.684. The van der Waals surface area contributed by atoms with Crippen LogP contribution >= 0.6 is 0 Å². The van der Waals surface area contributed by atoms with E-state index in [9.17, 15) is 0 Å². The lowest BCUT2D eigenvalue weighted by atomic mass is 9.87.